The van der Waals surface area contributed by atoms with E-state index < -0.39 is 45.3 Å². The molecule has 19 heteroatoms. The monoisotopic (exact) mass is 727 g/mol. The van der Waals surface area contributed by atoms with Gasteiger partial charge in [-0.2, -0.15) is 16.8 Å². The number of nitrogen functional groups attached to an aromatic ring is 1. The van der Waals surface area contributed by atoms with Crippen LogP contribution in [0.25, 0.3) is 44.9 Å². The maximum absolute atomic E-state index is 13.0. The van der Waals surface area contributed by atoms with Crippen molar-refractivity contribution in [3.63, 3.8) is 0 Å². The van der Waals surface area contributed by atoms with E-state index in [2.05, 4.69) is 9.97 Å². The molecule has 5 N–H and O–H groups in total. The number of nitrogens with two attached hydrogens (primary N) is 1. The van der Waals surface area contributed by atoms with E-state index in [1.165, 1.54) is 0 Å². The fourth-order valence-electron chi connectivity index (χ4n) is 4.09. The molecule has 0 unspecified atom stereocenters. The molecule has 0 saturated carbocycles. The van der Waals surface area contributed by atoms with Gasteiger partial charge in [0.25, 0.3) is 20.2 Å². The highest BCUT2D eigenvalue weighted by molar-refractivity contribution is 7.91. The lowest BCUT2D eigenvalue weighted by atomic mass is 10.0. The Bertz CT molecular complexity index is 2290. The molecule has 3 aromatic carbocycles. The molecule has 5 rings (SSSR count). The first-order valence-corrected chi connectivity index (χ1v) is 20.4. The first kappa shape index (κ1) is 37.3. The van der Waals surface area contributed by atoms with Crippen LogP contribution in [0, 0.1) is 0 Å². The van der Waals surface area contributed by atoms with Gasteiger partial charge in [0.1, 0.15) is 5.82 Å². The molecule has 0 bridgehead atoms. The summed E-state index contributed by atoms with van der Waals surface area (Å²) in [4.78, 5) is 12.7. The molecule has 2 aromatic heterocycles. The van der Waals surface area contributed by atoms with Gasteiger partial charge in [-0.15, -0.1) is 0 Å². The number of hydrogen-bond donors (Lipinski definition) is 4. The van der Waals surface area contributed by atoms with Crippen molar-refractivity contribution >= 4 is 57.1 Å². The molecule has 5 aromatic rings. The molecular formula is C28H33N5O10S4. The number of imidazole rings is 2. The summed E-state index contributed by atoms with van der Waals surface area (Å²) in [5, 5.41) is -0.692. The van der Waals surface area contributed by atoms with Crippen molar-refractivity contribution in [1.29, 1.82) is 0 Å². The largest absolute Gasteiger partial charge is 0.368 e. The standard InChI is InChI=1S/C26H25N5O4S2.2CH4O3S/c1-16(2)37(34,35)31-22-15-19(11-14-21(22)28-26(31)27)24-23(17-7-5-4-6-8-17)29-25(30-24)18-9-12-20(13-10-18)36(3,32)33;2*1-5(2,3)4/h4-16H,1-3H3,(H2,27,28)(H,29,30);2*1H3,(H,2,3,4). The van der Waals surface area contributed by atoms with E-state index >= 15 is 0 Å². The maximum atomic E-state index is 13.0. The van der Waals surface area contributed by atoms with Crippen molar-refractivity contribution in [3.8, 4) is 33.9 Å². The molecule has 2 heterocycles. The Labute approximate surface area is 273 Å². The number of benzene rings is 3. The van der Waals surface area contributed by atoms with Crippen LogP contribution in [-0.4, -0.2) is 85.7 Å². The summed E-state index contributed by atoms with van der Waals surface area (Å²) in [6.07, 6.45) is 2.59. The summed E-state index contributed by atoms with van der Waals surface area (Å²) in [5.41, 5.74) is 10.4. The second kappa shape index (κ2) is 13.9. The van der Waals surface area contributed by atoms with Gasteiger partial charge in [0.15, 0.2) is 9.84 Å². The third-order valence-electron chi connectivity index (χ3n) is 6.08. The molecule has 0 atom stereocenters. The van der Waals surface area contributed by atoms with Crippen LogP contribution in [0.15, 0.2) is 77.7 Å². The molecule has 0 spiro atoms. The van der Waals surface area contributed by atoms with Crippen LogP contribution in [-0.2, 0) is 40.1 Å². The number of fused-ring (bicyclic) bond motifs is 1. The van der Waals surface area contributed by atoms with Crippen LogP contribution in [0.1, 0.15) is 13.8 Å². The molecule has 15 nitrogen and oxygen atoms in total. The Kier molecular flexibility index (Phi) is 11.1. The van der Waals surface area contributed by atoms with Crippen LogP contribution in [0.5, 0.6) is 0 Å². The minimum atomic E-state index is -3.75. The van der Waals surface area contributed by atoms with Gasteiger partial charge in [0.05, 0.1) is 45.1 Å². The molecule has 47 heavy (non-hydrogen) atoms. The third kappa shape index (κ3) is 10.2. The number of nitrogens with zero attached hydrogens (tertiary/aromatic N) is 3. The lowest BCUT2D eigenvalue weighted by molar-refractivity contribution is 0.488. The van der Waals surface area contributed by atoms with Crippen LogP contribution in [0.3, 0.4) is 0 Å². The number of anilines is 1. The van der Waals surface area contributed by atoms with E-state index in [4.69, 9.17) is 19.8 Å². The van der Waals surface area contributed by atoms with Crippen LogP contribution in [0.2, 0.25) is 0 Å². The van der Waals surface area contributed by atoms with Crippen molar-refractivity contribution in [3.05, 3.63) is 72.8 Å². The van der Waals surface area contributed by atoms with Crippen molar-refractivity contribution < 1.29 is 42.8 Å². The highest BCUT2D eigenvalue weighted by Gasteiger charge is 2.25. The normalized spacial score (nSPS) is 12.3. The lowest BCUT2D eigenvalue weighted by Crippen LogP contribution is -2.23. The average molecular weight is 728 g/mol. The van der Waals surface area contributed by atoms with Crippen LogP contribution >= 0.6 is 0 Å². The quantitative estimate of drug-likeness (QED) is 0.183. The number of H-pyrrole nitrogens is 1. The highest BCUT2D eigenvalue weighted by atomic mass is 32.2. The van der Waals surface area contributed by atoms with Crippen molar-refractivity contribution in [2.45, 2.75) is 24.0 Å². The van der Waals surface area contributed by atoms with Gasteiger partial charge in [-0.25, -0.2) is 30.8 Å². The minimum Gasteiger partial charge on any atom is -0.368 e. The molecule has 0 saturated heterocycles. The minimum absolute atomic E-state index is 0.0992. The number of nitrogens with one attached hydrogen (secondary N) is 1. The summed E-state index contributed by atoms with van der Waals surface area (Å²) >= 11 is 0. The van der Waals surface area contributed by atoms with Crippen LogP contribution in [0.4, 0.5) is 5.95 Å². The SMILES string of the molecule is CC(C)S(=O)(=O)n1c(N)nc2ccc(-c3nc(-c4ccc(S(C)(=O)=O)cc4)[nH]c3-c3ccccc3)cc21.CS(=O)(=O)O.CS(=O)(=O)O. The number of hydrogen-bond acceptors (Lipinski definition) is 11. The smallest absolute Gasteiger partial charge is 0.261 e. The average Bonchev–Trinajstić information content (AvgIpc) is 3.52. The van der Waals surface area contributed by atoms with Gasteiger partial charge in [-0.3, -0.25) is 9.11 Å². The van der Waals surface area contributed by atoms with E-state index in [1.807, 2.05) is 36.4 Å². The summed E-state index contributed by atoms with van der Waals surface area (Å²) in [6.45, 7) is 3.18. The molecule has 254 valence electrons. The summed E-state index contributed by atoms with van der Waals surface area (Å²) in [5.74, 6) is 0.439. The molecule has 0 aliphatic carbocycles. The lowest BCUT2D eigenvalue weighted by Gasteiger charge is -2.11. The van der Waals surface area contributed by atoms with E-state index in [-0.39, 0.29) is 10.8 Å². The number of sulfone groups is 1. The fraction of sp³-hybridized carbons (Fsp3) is 0.214. The van der Waals surface area contributed by atoms with Crippen molar-refractivity contribution in [2.24, 2.45) is 0 Å². The van der Waals surface area contributed by atoms with Gasteiger partial charge in [-0.1, -0.05) is 36.4 Å². The topological polar surface area (TPSA) is 250 Å². The summed E-state index contributed by atoms with van der Waals surface area (Å²) < 4.78 is 103. The van der Waals surface area contributed by atoms with Gasteiger partial charge >= 0.3 is 0 Å². The Morgan fingerprint density at radius 2 is 1.23 bits per heavy atom. The van der Waals surface area contributed by atoms with Gasteiger partial charge in [-0.05, 0) is 50.2 Å². The zero-order valence-corrected chi connectivity index (χ0v) is 29.0. The molecular weight excluding hydrogens is 695 g/mol. The second-order valence-electron chi connectivity index (χ2n) is 10.5. The van der Waals surface area contributed by atoms with Crippen molar-refractivity contribution in [2.75, 3.05) is 24.5 Å². The number of rotatable bonds is 6. The molecule has 0 aliphatic heterocycles. The third-order valence-corrected chi connectivity index (χ3v) is 9.30. The summed E-state index contributed by atoms with van der Waals surface area (Å²) in [6, 6.07) is 21.4. The molecule has 0 aliphatic rings. The Morgan fingerprint density at radius 3 is 1.72 bits per heavy atom. The Morgan fingerprint density at radius 1 is 0.723 bits per heavy atom. The fourth-order valence-corrected chi connectivity index (χ4v) is 5.87. The van der Waals surface area contributed by atoms with Gasteiger partial charge in [0.2, 0.25) is 16.0 Å². The molecule has 0 radical (unpaired) electrons. The molecule has 0 fully saturated rings. The number of aromatic nitrogens is 4. The Balaban J connectivity index is 0.000000526. The zero-order valence-electron chi connectivity index (χ0n) is 25.7. The maximum Gasteiger partial charge on any atom is 0.261 e. The van der Waals surface area contributed by atoms with Crippen LogP contribution < -0.4 is 5.73 Å². The second-order valence-corrected chi connectivity index (χ2v) is 17.8. The first-order chi connectivity index (χ1) is 21.5. The summed E-state index contributed by atoms with van der Waals surface area (Å²) in [7, 11) is -14.4. The molecule has 0 amide bonds. The van der Waals surface area contributed by atoms with E-state index in [0.717, 1.165) is 21.5 Å². The zero-order chi connectivity index (χ0) is 35.5. The first-order valence-electron chi connectivity index (χ1n) is 13.3. The predicted octanol–water partition coefficient (Wildman–Crippen LogP) is 3.34. The Hall–Kier alpha value is -4.14. The van der Waals surface area contributed by atoms with Gasteiger partial charge < -0.3 is 10.7 Å². The number of aromatic amines is 1. The van der Waals surface area contributed by atoms with E-state index in [1.54, 1.807) is 50.2 Å². The highest BCUT2D eigenvalue weighted by Crippen LogP contribution is 2.35. The van der Waals surface area contributed by atoms with E-state index in [0.29, 0.717) is 46.2 Å². The van der Waals surface area contributed by atoms with Crippen molar-refractivity contribution in [1.82, 2.24) is 18.9 Å². The predicted molar refractivity (Wildman–Crippen MR) is 180 cm³/mol. The van der Waals surface area contributed by atoms with E-state index in [9.17, 15) is 33.7 Å². The van der Waals surface area contributed by atoms with Gasteiger partial charge in [0, 0.05) is 22.9 Å².